The normalized spacial score (nSPS) is 10.8. The lowest BCUT2D eigenvalue weighted by atomic mass is 10.1. The van der Waals surface area contributed by atoms with Gasteiger partial charge in [-0.25, -0.2) is 24.9 Å². The smallest absolute Gasteiger partial charge is 0.243 e. The quantitative estimate of drug-likeness (QED) is 0.336. The maximum Gasteiger partial charge on any atom is 0.243 e. The molecule has 2 N–H and O–H groups in total. The molecule has 0 fully saturated rings. The molecule has 0 spiro atoms. The van der Waals surface area contributed by atoms with Gasteiger partial charge in [-0.05, 0) is 12.8 Å². The number of nitrogens with zero attached hydrogens (tertiary/aromatic N) is 7. The van der Waals surface area contributed by atoms with Gasteiger partial charge in [-0.2, -0.15) is 5.10 Å². The van der Waals surface area contributed by atoms with Crippen LogP contribution in [0.4, 0.5) is 11.6 Å². The third kappa shape index (κ3) is 4.28. The van der Waals surface area contributed by atoms with Crippen LogP contribution in [0, 0.1) is 0 Å². The van der Waals surface area contributed by atoms with Crippen molar-refractivity contribution in [3.8, 4) is 0 Å². The maximum atomic E-state index is 11.0. The van der Waals surface area contributed by atoms with E-state index in [1.807, 2.05) is 4.90 Å². The highest BCUT2D eigenvalue weighted by atomic mass is 16.5. The molecular weight excluding hydrogens is 336 g/mol. The molecule has 0 bridgehead atoms. The summed E-state index contributed by atoms with van der Waals surface area (Å²) in [4.78, 5) is 30.2. The van der Waals surface area contributed by atoms with Gasteiger partial charge in [0.05, 0.1) is 6.20 Å². The number of anilines is 2. The Bertz CT molecular complexity index is 838. The molecule has 3 aromatic rings. The Morgan fingerprint density at radius 2 is 2.00 bits per heavy atom. The summed E-state index contributed by atoms with van der Waals surface area (Å²) in [6.45, 7) is 0.685. The number of hydroxylamine groups is 1. The first-order valence-electron chi connectivity index (χ1n) is 8.40. The van der Waals surface area contributed by atoms with Gasteiger partial charge in [0.1, 0.15) is 6.33 Å². The lowest BCUT2D eigenvalue weighted by molar-refractivity contribution is -0.129. The number of carbonyl (C=O) groups is 1. The van der Waals surface area contributed by atoms with Crippen LogP contribution in [-0.2, 0) is 4.79 Å². The van der Waals surface area contributed by atoms with Gasteiger partial charge >= 0.3 is 0 Å². The first-order chi connectivity index (χ1) is 12.8. The molecule has 0 aliphatic heterocycles. The van der Waals surface area contributed by atoms with Gasteiger partial charge < -0.3 is 4.90 Å². The third-order valence-electron chi connectivity index (χ3n) is 3.92. The summed E-state index contributed by atoms with van der Waals surface area (Å²) in [5, 5.41) is 12.6. The first kappa shape index (κ1) is 17.7. The SMILES string of the molecule is O=C(CCCCCCN(c1cnccn1)c1nccn2ncnc12)NO. The van der Waals surface area contributed by atoms with Gasteiger partial charge in [-0.3, -0.25) is 15.0 Å². The summed E-state index contributed by atoms with van der Waals surface area (Å²) < 4.78 is 1.67. The van der Waals surface area contributed by atoms with Crippen LogP contribution in [0.15, 0.2) is 37.3 Å². The van der Waals surface area contributed by atoms with Crippen molar-refractivity contribution in [2.24, 2.45) is 0 Å². The first-order valence-corrected chi connectivity index (χ1v) is 8.40. The molecule has 10 nitrogen and oxygen atoms in total. The van der Waals surface area contributed by atoms with Crippen molar-refractivity contribution in [3.63, 3.8) is 0 Å². The molecule has 0 aromatic carbocycles. The second-order valence-corrected chi connectivity index (χ2v) is 5.69. The Balaban J connectivity index is 1.68. The second kappa shape index (κ2) is 8.81. The zero-order valence-electron chi connectivity index (χ0n) is 14.2. The van der Waals surface area contributed by atoms with Crippen LogP contribution in [0.25, 0.3) is 5.65 Å². The number of amides is 1. The van der Waals surface area contributed by atoms with E-state index in [1.54, 1.807) is 41.0 Å². The number of unbranched alkanes of at least 4 members (excludes halogenated alkanes) is 3. The summed E-state index contributed by atoms with van der Waals surface area (Å²) in [7, 11) is 0. The molecule has 1 amide bonds. The van der Waals surface area contributed by atoms with E-state index < -0.39 is 0 Å². The average molecular weight is 356 g/mol. The van der Waals surface area contributed by atoms with Gasteiger partial charge in [0.25, 0.3) is 0 Å². The van der Waals surface area contributed by atoms with Crippen molar-refractivity contribution in [3.05, 3.63) is 37.3 Å². The number of hydrogen-bond donors (Lipinski definition) is 2. The van der Waals surface area contributed by atoms with Crippen LogP contribution in [-0.4, -0.2) is 47.2 Å². The number of fused-ring (bicyclic) bond motifs is 1. The Hall–Kier alpha value is -3.14. The molecule has 3 rings (SSSR count). The molecule has 0 atom stereocenters. The summed E-state index contributed by atoms with van der Waals surface area (Å²) in [6, 6.07) is 0. The highest BCUT2D eigenvalue weighted by molar-refractivity contribution is 5.74. The number of nitrogens with one attached hydrogen (secondary N) is 1. The molecule has 3 aromatic heterocycles. The lowest BCUT2D eigenvalue weighted by Gasteiger charge is -2.22. The molecule has 136 valence electrons. The Kier molecular flexibility index (Phi) is 5.99. The summed E-state index contributed by atoms with van der Waals surface area (Å²) in [5.41, 5.74) is 2.30. The lowest BCUT2D eigenvalue weighted by Crippen LogP contribution is -2.22. The number of aromatic nitrogens is 6. The van der Waals surface area contributed by atoms with E-state index in [2.05, 4.69) is 25.0 Å². The predicted molar refractivity (Wildman–Crippen MR) is 92.8 cm³/mol. The number of rotatable bonds is 9. The van der Waals surface area contributed by atoms with Crippen molar-refractivity contribution in [1.29, 1.82) is 0 Å². The molecule has 0 aliphatic rings. The zero-order chi connectivity index (χ0) is 18.2. The number of hydrogen-bond acceptors (Lipinski definition) is 8. The minimum absolute atomic E-state index is 0.324. The van der Waals surface area contributed by atoms with Crippen molar-refractivity contribution in [1.82, 2.24) is 35.0 Å². The zero-order valence-corrected chi connectivity index (χ0v) is 14.2. The second-order valence-electron chi connectivity index (χ2n) is 5.69. The van der Waals surface area contributed by atoms with E-state index in [0.717, 1.165) is 25.7 Å². The van der Waals surface area contributed by atoms with Crippen LogP contribution >= 0.6 is 0 Å². The van der Waals surface area contributed by atoms with E-state index in [0.29, 0.717) is 30.2 Å². The van der Waals surface area contributed by atoms with E-state index in [1.165, 1.54) is 6.33 Å². The van der Waals surface area contributed by atoms with Gasteiger partial charge in [0, 0.05) is 37.8 Å². The molecule has 10 heteroatoms. The minimum atomic E-state index is -0.353. The highest BCUT2D eigenvalue weighted by Crippen LogP contribution is 2.24. The van der Waals surface area contributed by atoms with E-state index >= 15 is 0 Å². The molecule has 0 radical (unpaired) electrons. The van der Waals surface area contributed by atoms with E-state index in [4.69, 9.17) is 5.21 Å². The number of carbonyl (C=O) groups excluding carboxylic acids is 1. The van der Waals surface area contributed by atoms with Crippen LogP contribution in [0.3, 0.4) is 0 Å². The van der Waals surface area contributed by atoms with Crippen molar-refractivity contribution in [2.75, 3.05) is 11.4 Å². The van der Waals surface area contributed by atoms with E-state index in [9.17, 15) is 4.79 Å². The van der Waals surface area contributed by atoms with Crippen LogP contribution in [0.2, 0.25) is 0 Å². The largest absolute Gasteiger partial charge is 0.307 e. The average Bonchev–Trinajstić information content (AvgIpc) is 3.17. The maximum absolute atomic E-state index is 11.0. The standard InChI is InChI=1S/C16H20N8O2/c25-14(22-26)5-3-1-2-4-9-23(13-11-17-6-7-18-13)15-16-20-12-21-24(16)10-8-19-15/h6-8,10-12,26H,1-5,9H2,(H,22,25). The fourth-order valence-corrected chi connectivity index (χ4v) is 2.66. The molecule has 3 heterocycles. The molecular formula is C16H20N8O2. The van der Waals surface area contributed by atoms with Gasteiger partial charge in [0.2, 0.25) is 5.91 Å². The van der Waals surface area contributed by atoms with Crippen LogP contribution in [0.5, 0.6) is 0 Å². The van der Waals surface area contributed by atoms with Gasteiger partial charge in [-0.15, -0.1) is 0 Å². The topological polar surface area (TPSA) is 121 Å². The molecule has 0 aliphatic carbocycles. The summed E-state index contributed by atoms with van der Waals surface area (Å²) in [6.07, 6.45) is 13.6. The van der Waals surface area contributed by atoms with Crippen LogP contribution in [0.1, 0.15) is 32.1 Å². The minimum Gasteiger partial charge on any atom is -0.307 e. The predicted octanol–water partition coefficient (Wildman–Crippen LogP) is 1.51. The molecule has 26 heavy (non-hydrogen) atoms. The van der Waals surface area contributed by atoms with Crippen molar-refractivity contribution in [2.45, 2.75) is 32.1 Å². The highest BCUT2D eigenvalue weighted by Gasteiger charge is 2.16. The summed E-state index contributed by atoms with van der Waals surface area (Å²) >= 11 is 0. The Labute approximate surface area is 149 Å². The Morgan fingerprint density at radius 1 is 1.12 bits per heavy atom. The van der Waals surface area contributed by atoms with Gasteiger partial charge in [-0.1, -0.05) is 12.8 Å². The fraction of sp³-hybridized carbons (Fsp3) is 0.375. The third-order valence-corrected chi connectivity index (χ3v) is 3.92. The fourth-order valence-electron chi connectivity index (χ4n) is 2.66. The molecule has 0 saturated heterocycles. The summed E-state index contributed by atoms with van der Waals surface area (Å²) in [5.74, 6) is 1.01. The van der Waals surface area contributed by atoms with E-state index in [-0.39, 0.29) is 5.91 Å². The van der Waals surface area contributed by atoms with Crippen molar-refractivity contribution < 1.29 is 10.0 Å². The molecule has 0 saturated carbocycles. The monoisotopic (exact) mass is 356 g/mol. The van der Waals surface area contributed by atoms with Gasteiger partial charge in [0.15, 0.2) is 17.3 Å². The molecule has 0 unspecified atom stereocenters. The van der Waals surface area contributed by atoms with Crippen LogP contribution < -0.4 is 10.4 Å². The van der Waals surface area contributed by atoms with Crippen molar-refractivity contribution >= 4 is 23.2 Å². The Morgan fingerprint density at radius 3 is 2.81 bits per heavy atom.